The van der Waals surface area contributed by atoms with Gasteiger partial charge in [0, 0.05) is 10.2 Å². The van der Waals surface area contributed by atoms with Crippen LogP contribution in [0.3, 0.4) is 0 Å². The van der Waals surface area contributed by atoms with Gasteiger partial charge in [-0.1, -0.05) is 30.3 Å². The molecule has 92 valence electrons. The van der Waals surface area contributed by atoms with Crippen LogP contribution < -0.4 is 10.6 Å². The monoisotopic (exact) mass is 304 g/mol. The van der Waals surface area contributed by atoms with Crippen molar-refractivity contribution in [3.8, 4) is 0 Å². The van der Waals surface area contributed by atoms with Crippen LogP contribution in [-0.2, 0) is 4.79 Å². The lowest BCUT2D eigenvalue weighted by Crippen LogP contribution is -2.21. The molecule has 0 radical (unpaired) electrons. The van der Waals surface area contributed by atoms with E-state index in [1.54, 1.807) is 0 Å². The van der Waals surface area contributed by atoms with Gasteiger partial charge in [-0.05, 0) is 40.2 Å². The van der Waals surface area contributed by atoms with Crippen LogP contribution in [0.1, 0.15) is 0 Å². The van der Waals surface area contributed by atoms with Gasteiger partial charge in [-0.2, -0.15) is 0 Å². The Labute approximate surface area is 114 Å². The minimum Gasteiger partial charge on any atom is -0.376 e. The van der Waals surface area contributed by atoms with Gasteiger partial charge in [0.2, 0.25) is 5.91 Å². The summed E-state index contributed by atoms with van der Waals surface area (Å²) in [4.78, 5) is 11.7. The topological polar surface area (TPSA) is 41.1 Å². The van der Waals surface area contributed by atoms with Gasteiger partial charge >= 0.3 is 0 Å². The zero-order chi connectivity index (χ0) is 12.8. The van der Waals surface area contributed by atoms with Crippen molar-refractivity contribution in [1.29, 1.82) is 0 Å². The summed E-state index contributed by atoms with van der Waals surface area (Å²) in [5.74, 6) is -0.0780. The van der Waals surface area contributed by atoms with Gasteiger partial charge in [0.05, 0.1) is 12.2 Å². The fourth-order valence-electron chi connectivity index (χ4n) is 1.50. The molecule has 0 aliphatic heterocycles. The molecule has 3 nitrogen and oxygen atoms in total. The van der Waals surface area contributed by atoms with Crippen LogP contribution in [0.15, 0.2) is 59.1 Å². The Hall–Kier alpha value is -1.81. The molecular formula is C14H13BrN2O. The van der Waals surface area contributed by atoms with Gasteiger partial charge in [-0.25, -0.2) is 0 Å². The van der Waals surface area contributed by atoms with Gasteiger partial charge in [0.1, 0.15) is 0 Å². The van der Waals surface area contributed by atoms with Crippen LogP contribution >= 0.6 is 15.9 Å². The SMILES string of the molecule is O=C(CNc1ccccc1)Nc1ccccc1Br. The minimum absolute atomic E-state index is 0.0780. The van der Waals surface area contributed by atoms with Crippen LogP contribution in [0.2, 0.25) is 0 Å². The summed E-state index contributed by atoms with van der Waals surface area (Å²) in [5.41, 5.74) is 1.71. The van der Waals surface area contributed by atoms with E-state index < -0.39 is 0 Å². The fraction of sp³-hybridized carbons (Fsp3) is 0.0714. The van der Waals surface area contributed by atoms with Crippen molar-refractivity contribution >= 4 is 33.2 Å². The number of para-hydroxylation sites is 2. The molecule has 1 amide bonds. The summed E-state index contributed by atoms with van der Waals surface area (Å²) in [5, 5.41) is 5.89. The Morgan fingerprint density at radius 1 is 1.00 bits per heavy atom. The number of carbonyl (C=O) groups is 1. The van der Waals surface area contributed by atoms with Crippen molar-refractivity contribution in [3.05, 3.63) is 59.1 Å². The average molecular weight is 305 g/mol. The summed E-state index contributed by atoms with van der Waals surface area (Å²) < 4.78 is 0.873. The minimum atomic E-state index is -0.0780. The molecular weight excluding hydrogens is 292 g/mol. The van der Waals surface area contributed by atoms with E-state index in [1.165, 1.54) is 0 Å². The molecule has 0 saturated carbocycles. The maximum Gasteiger partial charge on any atom is 0.243 e. The molecule has 18 heavy (non-hydrogen) atoms. The predicted octanol–water partition coefficient (Wildman–Crippen LogP) is 3.50. The second-order valence-corrected chi connectivity index (χ2v) is 4.60. The number of halogens is 1. The Balaban J connectivity index is 1.88. The third kappa shape index (κ3) is 3.60. The van der Waals surface area contributed by atoms with E-state index in [9.17, 15) is 4.79 Å². The smallest absolute Gasteiger partial charge is 0.243 e. The quantitative estimate of drug-likeness (QED) is 0.907. The number of nitrogens with one attached hydrogen (secondary N) is 2. The van der Waals surface area contributed by atoms with Crippen LogP contribution in [-0.4, -0.2) is 12.5 Å². The van der Waals surface area contributed by atoms with Crippen LogP contribution in [0.5, 0.6) is 0 Å². The van der Waals surface area contributed by atoms with Crippen LogP contribution in [0.25, 0.3) is 0 Å². The highest BCUT2D eigenvalue weighted by Gasteiger charge is 2.04. The van der Waals surface area contributed by atoms with Crippen molar-refractivity contribution in [3.63, 3.8) is 0 Å². The van der Waals surface area contributed by atoms with E-state index in [2.05, 4.69) is 26.6 Å². The molecule has 0 heterocycles. The van der Waals surface area contributed by atoms with E-state index in [4.69, 9.17) is 0 Å². The molecule has 0 fully saturated rings. The van der Waals surface area contributed by atoms with Gasteiger partial charge in [0.25, 0.3) is 0 Å². The van der Waals surface area contributed by atoms with Crippen molar-refractivity contribution in [2.45, 2.75) is 0 Å². The Bertz CT molecular complexity index is 528. The van der Waals surface area contributed by atoms with Crippen LogP contribution in [0, 0.1) is 0 Å². The average Bonchev–Trinajstić information content (AvgIpc) is 2.40. The maximum atomic E-state index is 11.7. The highest BCUT2D eigenvalue weighted by atomic mass is 79.9. The molecule has 0 saturated heterocycles. The molecule has 4 heteroatoms. The highest BCUT2D eigenvalue weighted by molar-refractivity contribution is 9.10. The number of hydrogen-bond donors (Lipinski definition) is 2. The van der Waals surface area contributed by atoms with Crippen LogP contribution in [0.4, 0.5) is 11.4 Å². The normalized spacial score (nSPS) is 9.83. The number of anilines is 2. The molecule has 0 atom stereocenters. The molecule has 0 unspecified atom stereocenters. The fourth-order valence-corrected chi connectivity index (χ4v) is 1.88. The first-order chi connectivity index (χ1) is 8.75. The second-order valence-electron chi connectivity index (χ2n) is 3.75. The lowest BCUT2D eigenvalue weighted by Gasteiger charge is -2.08. The highest BCUT2D eigenvalue weighted by Crippen LogP contribution is 2.20. The second kappa shape index (κ2) is 6.21. The number of hydrogen-bond acceptors (Lipinski definition) is 2. The van der Waals surface area contributed by atoms with E-state index in [0.717, 1.165) is 15.8 Å². The standard InChI is InChI=1S/C14H13BrN2O/c15-12-8-4-5-9-13(12)17-14(18)10-16-11-6-2-1-3-7-11/h1-9,16H,10H2,(H,17,18). The van der Waals surface area contributed by atoms with Gasteiger partial charge in [-0.3, -0.25) is 4.79 Å². The lowest BCUT2D eigenvalue weighted by molar-refractivity contribution is -0.114. The first kappa shape index (κ1) is 12.6. The van der Waals surface area contributed by atoms with E-state index in [1.807, 2.05) is 54.6 Å². The first-order valence-electron chi connectivity index (χ1n) is 5.59. The molecule has 0 bridgehead atoms. The molecule has 2 rings (SSSR count). The van der Waals surface area contributed by atoms with Crippen molar-refractivity contribution in [1.82, 2.24) is 0 Å². The molecule has 2 aromatic rings. The molecule has 0 spiro atoms. The summed E-state index contributed by atoms with van der Waals surface area (Å²) >= 11 is 3.39. The lowest BCUT2D eigenvalue weighted by atomic mass is 10.3. The van der Waals surface area contributed by atoms with E-state index >= 15 is 0 Å². The molecule has 0 aromatic heterocycles. The number of amides is 1. The Morgan fingerprint density at radius 2 is 1.67 bits per heavy atom. The largest absolute Gasteiger partial charge is 0.376 e. The molecule has 0 aliphatic rings. The number of benzene rings is 2. The maximum absolute atomic E-state index is 11.7. The van der Waals surface area contributed by atoms with E-state index in [-0.39, 0.29) is 12.5 Å². The molecule has 2 aromatic carbocycles. The van der Waals surface area contributed by atoms with Crippen molar-refractivity contribution in [2.75, 3.05) is 17.2 Å². The van der Waals surface area contributed by atoms with Crippen molar-refractivity contribution < 1.29 is 4.79 Å². The summed E-state index contributed by atoms with van der Waals surface area (Å²) in [7, 11) is 0. The van der Waals surface area contributed by atoms with Gasteiger partial charge in [0.15, 0.2) is 0 Å². The summed E-state index contributed by atoms with van der Waals surface area (Å²) in [6.07, 6.45) is 0. The van der Waals surface area contributed by atoms with Gasteiger partial charge in [-0.15, -0.1) is 0 Å². The van der Waals surface area contributed by atoms with Gasteiger partial charge < -0.3 is 10.6 Å². The molecule has 0 aliphatic carbocycles. The third-order valence-electron chi connectivity index (χ3n) is 2.37. The molecule has 2 N–H and O–H groups in total. The Kier molecular flexibility index (Phi) is 4.36. The first-order valence-corrected chi connectivity index (χ1v) is 6.38. The number of carbonyl (C=O) groups excluding carboxylic acids is 1. The van der Waals surface area contributed by atoms with E-state index in [0.29, 0.717) is 0 Å². The number of rotatable bonds is 4. The Morgan fingerprint density at radius 3 is 2.39 bits per heavy atom. The summed E-state index contributed by atoms with van der Waals surface area (Å²) in [6.45, 7) is 0.241. The summed E-state index contributed by atoms with van der Waals surface area (Å²) in [6, 6.07) is 17.2. The zero-order valence-corrected chi connectivity index (χ0v) is 11.3. The predicted molar refractivity (Wildman–Crippen MR) is 77.7 cm³/mol. The zero-order valence-electron chi connectivity index (χ0n) is 9.69. The van der Waals surface area contributed by atoms with Crippen molar-refractivity contribution in [2.24, 2.45) is 0 Å². The third-order valence-corrected chi connectivity index (χ3v) is 3.07.